The zero-order valence-corrected chi connectivity index (χ0v) is 14.6. The average Bonchev–Trinajstić information content (AvgIpc) is 3.09. The minimum atomic E-state index is -3.47. The fraction of sp³-hybridized carbons (Fsp3) is 0.786. The van der Waals surface area contributed by atoms with Crippen molar-refractivity contribution in [3.05, 3.63) is 11.2 Å². The number of aromatic nitrogens is 1. The minimum absolute atomic E-state index is 0.203. The van der Waals surface area contributed by atoms with Crippen molar-refractivity contribution in [2.24, 2.45) is 5.41 Å². The van der Waals surface area contributed by atoms with E-state index in [0.717, 1.165) is 30.6 Å². The first-order chi connectivity index (χ1) is 10.4. The van der Waals surface area contributed by atoms with Crippen LogP contribution < -0.4 is 0 Å². The molecule has 0 bridgehead atoms. The Bertz CT molecular complexity index is 621. The van der Waals surface area contributed by atoms with Crippen molar-refractivity contribution in [2.45, 2.75) is 43.6 Å². The number of nitrogens with zero attached hydrogens (tertiary/aromatic N) is 2. The summed E-state index contributed by atoms with van der Waals surface area (Å²) in [5.74, 6) is 0. The maximum Gasteiger partial charge on any atom is 0.254 e. The lowest BCUT2D eigenvalue weighted by atomic mass is 9.85. The fourth-order valence-corrected chi connectivity index (χ4v) is 5.55. The molecule has 1 aromatic rings. The maximum absolute atomic E-state index is 12.8. The molecule has 2 fully saturated rings. The van der Waals surface area contributed by atoms with Crippen LogP contribution in [0.2, 0.25) is 0 Å². The molecule has 8 heteroatoms. The lowest BCUT2D eigenvalue weighted by molar-refractivity contribution is -0.0442. The van der Waals surface area contributed by atoms with Crippen LogP contribution in [-0.4, -0.2) is 44.0 Å². The number of hydrogen-bond acceptors (Lipinski definition) is 6. The largest absolute Gasteiger partial charge is 0.344 e. The molecule has 0 aliphatic carbocycles. The molecule has 1 aromatic heterocycles. The number of rotatable bonds is 3. The SMILES string of the molecule is CC1(C)CCCN(S(=O)(=O)c2cnc(C3OCCO3)s2)CC1. The van der Waals surface area contributed by atoms with Crippen LogP contribution in [0.3, 0.4) is 0 Å². The Labute approximate surface area is 135 Å². The zero-order valence-electron chi connectivity index (χ0n) is 12.9. The lowest BCUT2D eigenvalue weighted by Gasteiger charge is -2.22. The van der Waals surface area contributed by atoms with Crippen molar-refractivity contribution in [1.82, 2.24) is 9.29 Å². The summed E-state index contributed by atoms with van der Waals surface area (Å²) < 4.78 is 38.2. The highest BCUT2D eigenvalue weighted by Gasteiger charge is 2.33. The standard InChI is InChI=1S/C14H22N2O4S2/c1-14(2)4-3-6-16(7-5-14)22(17,18)11-10-15-12(21-11)13-19-8-9-20-13/h10,13H,3-9H2,1-2H3. The van der Waals surface area contributed by atoms with Gasteiger partial charge in [-0.05, 0) is 24.7 Å². The third kappa shape index (κ3) is 3.35. The van der Waals surface area contributed by atoms with Crippen molar-refractivity contribution < 1.29 is 17.9 Å². The van der Waals surface area contributed by atoms with E-state index in [4.69, 9.17) is 9.47 Å². The Hall–Kier alpha value is -0.540. The molecule has 3 heterocycles. The third-order valence-corrected chi connectivity index (χ3v) is 7.57. The first-order valence-electron chi connectivity index (χ1n) is 7.58. The van der Waals surface area contributed by atoms with E-state index in [0.29, 0.717) is 31.3 Å². The molecular weight excluding hydrogens is 324 g/mol. The molecule has 0 N–H and O–H groups in total. The van der Waals surface area contributed by atoms with E-state index in [1.54, 1.807) is 4.31 Å². The minimum Gasteiger partial charge on any atom is -0.344 e. The molecule has 0 saturated carbocycles. The number of hydrogen-bond donors (Lipinski definition) is 0. The van der Waals surface area contributed by atoms with Gasteiger partial charge in [0.2, 0.25) is 6.29 Å². The quantitative estimate of drug-likeness (QED) is 0.840. The number of thiazole rings is 1. The highest BCUT2D eigenvalue weighted by atomic mass is 32.2. The first-order valence-corrected chi connectivity index (χ1v) is 9.83. The summed E-state index contributed by atoms with van der Waals surface area (Å²) in [6, 6.07) is 0. The van der Waals surface area contributed by atoms with Crippen molar-refractivity contribution in [2.75, 3.05) is 26.3 Å². The van der Waals surface area contributed by atoms with Crippen LogP contribution in [0.15, 0.2) is 10.4 Å². The normalized spacial score (nSPS) is 24.5. The maximum atomic E-state index is 12.8. The molecule has 0 amide bonds. The molecule has 6 nitrogen and oxygen atoms in total. The summed E-state index contributed by atoms with van der Waals surface area (Å²) in [5.41, 5.74) is 0.203. The van der Waals surface area contributed by atoms with Gasteiger partial charge in [0.15, 0.2) is 9.22 Å². The molecule has 0 spiro atoms. The summed E-state index contributed by atoms with van der Waals surface area (Å²) in [6.07, 6.45) is 3.74. The van der Waals surface area contributed by atoms with E-state index >= 15 is 0 Å². The van der Waals surface area contributed by atoms with Gasteiger partial charge in [-0.1, -0.05) is 13.8 Å². The van der Waals surface area contributed by atoms with Gasteiger partial charge in [0.25, 0.3) is 10.0 Å². The van der Waals surface area contributed by atoms with Crippen LogP contribution in [0.4, 0.5) is 0 Å². The lowest BCUT2D eigenvalue weighted by Crippen LogP contribution is -2.32. The van der Waals surface area contributed by atoms with Gasteiger partial charge in [0, 0.05) is 13.1 Å². The van der Waals surface area contributed by atoms with Gasteiger partial charge >= 0.3 is 0 Å². The molecule has 2 aliphatic heterocycles. The Balaban J connectivity index is 1.77. The van der Waals surface area contributed by atoms with Crippen molar-refractivity contribution in [3.8, 4) is 0 Å². The molecule has 3 rings (SSSR count). The van der Waals surface area contributed by atoms with Gasteiger partial charge in [-0.2, -0.15) is 4.31 Å². The second-order valence-corrected chi connectivity index (χ2v) is 9.74. The summed E-state index contributed by atoms with van der Waals surface area (Å²) in [7, 11) is -3.47. The summed E-state index contributed by atoms with van der Waals surface area (Å²) >= 11 is 1.15. The van der Waals surface area contributed by atoms with Crippen LogP contribution in [0.5, 0.6) is 0 Å². The van der Waals surface area contributed by atoms with Gasteiger partial charge < -0.3 is 9.47 Å². The van der Waals surface area contributed by atoms with Crippen LogP contribution in [0, 0.1) is 5.41 Å². The zero-order chi connectivity index (χ0) is 15.8. The molecule has 0 aromatic carbocycles. The van der Waals surface area contributed by atoms with E-state index < -0.39 is 16.3 Å². The number of ether oxygens (including phenoxy) is 2. The predicted molar refractivity (Wildman–Crippen MR) is 83.1 cm³/mol. The highest BCUT2D eigenvalue weighted by molar-refractivity contribution is 7.91. The van der Waals surface area contributed by atoms with Gasteiger partial charge in [-0.3, -0.25) is 0 Å². The van der Waals surface area contributed by atoms with Gasteiger partial charge in [-0.15, -0.1) is 11.3 Å². The molecule has 2 saturated heterocycles. The van der Waals surface area contributed by atoms with Crippen molar-refractivity contribution >= 4 is 21.4 Å². The Morgan fingerprint density at radius 1 is 1.27 bits per heavy atom. The molecule has 22 heavy (non-hydrogen) atoms. The van der Waals surface area contributed by atoms with Crippen molar-refractivity contribution in [3.63, 3.8) is 0 Å². The number of sulfonamides is 1. The van der Waals surface area contributed by atoms with E-state index in [2.05, 4.69) is 18.8 Å². The van der Waals surface area contributed by atoms with Crippen LogP contribution in [0.1, 0.15) is 44.4 Å². The molecule has 124 valence electrons. The van der Waals surface area contributed by atoms with Crippen molar-refractivity contribution in [1.29, 1.82) is 0 Å². The molecule has 2 aliphatic rings. The summed E-state index contributed by atoms with van der Waals surface area (Å²) in [5, 5.41) is 0.575. The summed E-state index contributed by atoms with van der Waals surface area (Å²) in [4.78, 5) is 4.17. The van der Waals surface area contributed by atoms with Crippen LogP contribution >= 0.6 is 11.3 Å². The first kappa shape index (κ1) is 16.3. The Kier molecular flexibility index (Phi) is 4.57. The Morgan fingerprint density at radius 3 is 2.73 bits per heavy atom. The van der Waals surface area contributed by atoms with E-state index in [9.17, 15) is 8.42 Å². The van der Waals surface area contributed by atoms with Crippen LogP contribution in [0.25, 0.3) is 0 Å². The summed E-state index contributed by atoms with van der Waals surface area (Å²) in [6.45, 7) is 6.58. The monoisotopic (exact) mass is 346 g/mol. The molecule has 0 radical (unpaired) electrons. The molecule has 0 unspecified atom stereocenters. The van der Waals surface area contributed by atoms with Gasteiger partial charge in [-0.25, -0.2) is 13.4 Å². The fourth-order valence-electron chi connectivity index (χ4n) is 2.77. The van der Waals surface area contributed by atoms with E-state index in [1.165, 1.54) is 6.20 Å². The van der Waals surface area contributed by atoms with E-state index in [-0.39, 0.29) is 9.62 Å². The second-order valence-electron chi connectivity index (χ2n) is 6.51. The van der Waals surface area contributed by atoms with E-state index in [1.807, 2.05) is 0 Å². The highest BCUT2D eigenvalue weighted by Crippen LogP contribution is 2.34. The van der Waals surface area contributed by atoms with Crippen LogP contribution in [-0.2, 0) is 19.5 Å². The molecular formula is C14H22N2O4S2. The van der Waals surface area contributed by atoms with Gasteiger partial charge in [0.1, 0.15) is 0 Å². The van der Waals surface area contributed by atoms with Gasteiger partial charge in [0.05, 0.1) is 19.4 Å². The third-order valence-electron chi connectivity index (χ3n) is 4.22. The Morgan fingerprint density at radius 2 is 2.00 bits per heavy atom. The molecule has 0 atom stereocenters. The average molecular weight is 346 g/mol. The topological polar surface area (TPSA) is 68.7 Å². The predicted octanol–water partition coefficient (Wildman–Crippen LogP) is 2.39. The second kappa shape index (κ2) is 6.16. The smallest absolute Gasteiger partial charge is 0.254 e.